The lowest BCUT2D eigenvalue weighted by molar-refractivity contribution is -0.384. The second-order valence-corrected chi connectivity index (χ2v) is 6.96. The van der Waals surface area contributed by atoms with E-state index in [1.54, 1.807) is 20.0 Å². The maximum absolute atomic E-state index is 12.7. The van der Waals surface area contributed by atoms with Crippen LogP contribution in [0.3, 0.4) is 0 Å². The molecule has 9 heteroatoms. The minimum absolute atomic E-state index is 0.193. The molecule has 0 unspecified atom stereocenters. The van der Waals surface area contributed by atoms with Crippen molar-refractivity contribution in [2.75, 3.05) is 5.32 Å². The fourth-order valence-electron chi connectivity index (χ4n) is 2.69. The number of carbonyl (C=O) groups is 1. The first-order chi connectivity index (χ1) is 13.3. The molecule has 0 aliphatic heterocycles. The molecule has 2 aromatic carbocycles. The van der Waals surface area contributed by atoms with Gasteiger partial charge in [0.1, 0.15) is 17.2 Å². The number of hydrogen-bond donors (Lipinski definition) is 1. The smallest absolute Gasteiger partial charge is 0.275 e. The lowest BCUT2D eigenvalue weighted by atomic mass is 10.2. The molecule has 0 radical (unpaired) electrons. The summed E-state index contributed by atoms with van der Waals surface area (Å²) in [6.45, 7) is 3.64. The molecule has 144 valence electrons. The molecule has 3 aromatic rings. The molecule has 3 rings (SSSR count). The molecule has 8 nitrogen and oxygen atoms in total. The Balaban J connectivity index is 1.94. The number of halogens is 1. The van der Waals surface area contributed by atoms with Crippen LogP contribution in [0.15, 0.2) is 46.9 Å². The zero-order valence-corrected chi connectivity index (χ0v) is 17.0. The number of nitrogens with one attached hydrogen (secondary N) is 1. The van der Waals surface area contributed by atoms with Gasteiger partial charge in [0.25, 0.3) is 11.6 Å². The van der Waals surface area contributed by atoms with E-state index in [1.807, 2.05) is 25.1 Å². The molecular formula is C19H17BrN4O4. The normalized spacial score (nSPS) is 10.6. The fourth-order valence-corrected chi connectivity index (χ4v) is 3.20. The number of anilines is 1. The maximum Gasteiger partial charge on any atom is 0.275 e. The fraction of sp³-hybridized carbons (Fsp3) is 0.158. The second kappa shape index (κ2) is 7.81. The molecule has 0 saturated heterocycles. The van der Waals surface area contributed by atoms with Crippen LogP contribution in [0.2, 0.25) is 0 Å². The highest BCUT2D eigenvalue weighted by Gasteiger charge is 2.20. The Kier molecular flexibility index (Phi) is 5.46. The summed E-state index contributed by atoms with van der Waals surface area (Å²) in [5.41, 5.74) is 1.91. The minimum Gasteiger partial charge on any atom is -0.457 e. The van der Waals surface area contributed by atoms with Crippen molar-refractivity contribution in [3.63, 3.8) is 0 Å². The Morgan fingerprint density at radius 2 is 1.96 bits per heavy atom. The van der Waals surface area contributed by atoms with Crippen LogP contribution in [0.4, 0.5) is 11.4 Å². The Labute approximate surface area is 169 Å². The zero-order chi connectivity index (χ0) is 20.4. The van der Waals surface area contributed by atoms with Gasteiger partial charge in [-0.1, -0.05) is 18.2 Å². The van der Waals surface area contributed by atoms with Crippen LogP contribution >= 0.6 is 15.9 Å². The minimum atomic E-state index is -0.537. The predicted molar refractivity (Wildman–Crippen MR) is 108 cm³/mol. The third-order valence-corrected chi connectivity index (χ3v) is 5.00. The van der Waals surface area contributed by atoms with Gasteiger partial charge in [0, 0.05) is 19.2 Å². The van der Waals surface area contributed by atoms with Gasteiger partial charge in [0.15, 0.2) is 0 Å². The summed E-state index contributed by atoms with van der Waals surface area (Å²) in [4.78, 5) is 23.4. The van der Waals surface area contributed by atoms with Gasteiger partial charge in [-0.25, -0.2) is 0 Å². The number of nitro groups is 1. The first-order valence-electron chi connectivity index (χ1n) is 8.29. The number of rotatable bonds is 5. The Morgan fingerprint density at radius 1 is 1.25 bits per heavy atom. The van der Waals surface area contributed by atoms with Crippen LogP contribution in [0.1, 0.15) is 21.7 Å². The molecule has 1 aromatic heterocycles. The van der Waals surface area contributed by atoms with Crippen molar-refractivity contribution in [3.8, 4) is 11.5 Å². The van der Waals surface area contributed by atoms with Gasteiger partial charge in [0.2, 0.25) is 0 Å². The van der Waals surface area contributed by atoms with Gasteiger partial charge >= 0.3 is 0 Å². The van der Waals surface area contributed by atoms with E-state index >= 15 is 0 Å². The summed E-state index contributed by atoms with van der Waals surface area (Å²) in [5.74, 6) is 0.377. The summed E-state index contributed by atoms with van der Waals surface area (Å²) in [6.07, 6.45) is 0. The first-order valence-corrected chi connectivity index (χ1v) is 9.09. The SMILES string of the molecule is Cc1ccccc1Oc1cc(NC(=O)c2c(Br)c(C)nn2C)cc([N+](=O)[O-])c1. The molecular weight excluding hydrogens is 428 g/mol. The standard InChI is InChI=1S/C19H17BrN4O4/c1-11-6-4-5-7-16(11)28-15-9-13(8-14(10-15)24(26)27)21-19(25)18-17(20)12(2)22-23(18)3/h4-10H,1-3H3,(H,21,25). The highest BCUT2D eigenvalue weighted by Crippen LogP contribution is 2.31. The topological polar surface area (TPSA) is 99.3 Å². The number of amides is 1. The average molecular weight is 445 g/mol. The average Bonchev–Trinajstić information content (AvgIpc) is 2.88. The van der Waals surface area contributed by atoms with E-state index in [4.69, 9.17) is 4.74 Å². The summed E-state index contributed by atoms with van der Waals surface area (Å²) < 4.78 is 7.80. The summed E-state index contributed by atoms with van der Waals surface area (Å²) in [6, 6.07) is 11.4. The molecule has 1 heterocycles. The highest BCUT2D eigenvalue weighted by atomic mass is 79.9. The number of nitro benzene ring substituents is 1. The third kappa shape index (κ3) is 4.04. The van der Waals surface area contributed by atoms with Crippen molar-refractivity contribution in [1.29, 1.82) is 0 Å². The van der Waals surface area contributed by atoms with E-state index in [2.05, 4.69) is 26.3 Å². The number of non-ortho nitro benzene ring substituents is 1. The van der Waals surface area contributed by atoms with Crippen molar-refractivity contribution in [1.82, 2.24) is 9.78 Å². The lowest BCUT2D eigenvalue weighted by Gasteiger charge is -2.11. The first kappa shape index (κ1) is 19.6. The van der Waals surface area contributed by atoms with Gasteiger partial charge < -0.3 is 10.1 Å². The van der Waals surface area contributed by atoms with Crippen LogP contribution in [-0.4, -0.2) is 20.6 Å². The molecule has 0 fully saturated rings. The van der Waals surface area contributed by atoms with Crippen molar-refractivity contribution < 1.29 is 14.5 Å². The number of ether oxygens (including phenoxy) is 1. The molecule has 0 atom stereocenters. The van der Waals surface area contributed by atoms with Gasteiger partial charge in [-0.05, 0) is 41.4 Å². The number of para-hydroxylation sites is 1. The number of hydrogen-bond acceptors (Lipinski definition) is 5. The molecule has 28 heavy (non-hydrogen) atoms. The molecule has 1 N–H and O–H groups in total. The monoisotopic (exact) mass is 444 g/mol. The zero-order valence-electron chi connectivity index (χ0n) is 15.4. The van der Waals surface area contributed by atoms with Crippen molar-refractivity contribution in [2.24, 2.45) is 7.05 Å². The van der Waals surface area contributed by atoms with E-state index in [9.17, 15) is 14.9 Å². The number of benzene rings is 2. The number of carbonyl (C=O) groups excluding carboxylic acids is 1. The van der Waals surface area contributed by atoms with Gasteiger partial charge in [0.05, 0.1) is 26.8 Å². The van der Waals surface area contributed by atoms with E-state index in [1.165, 1.54) is 22.9 Å². The van der Waals surface area contributed by atoms with Gasteiger partial charge in [-0.2, -0.15) is 5.10 Å². The van der Waals surface area contributed by atoms with Crippen LogP contribution in [0, 0.1) is 24.0 Å². The van der Waals surface area contributed by atoms with E-state index in [0.717, 1.165) is 5.56 Å². The highest BCUT2D eigenvalue weighted by molar-refractivity contribution is 9.10. The molecule has 0 spiro atoms. The van der Waals surface area contributed by atoms with Crippen LogP contribution in [0.5, 0.6) is 11.5 Å². The second-order valence-electron chi connectivity index (χ2n) is 6.17. The molecule has 0 bridgehead atoms. The largest absolute Gasteiger partial charge is 0.457 e. The molecule has 1 amide bonds. The third-order valence-electron chi connectivity index (χ3n) is 4.05. The van der Waals surface area contributed by atoms with Crippen LogP contribution in [-0.2, 0) is 7.05 Å². The van der Waals surface area contributed by atoms with Crippen molar-refractivity contribution >= 4 is 33.2 Å². The summed E-state index contributed by atoms with van der Waals surface area (Å²) in [5, 5.41) is 18.2. The van der Waals surface area contributed by atoms with Crippen molar-refractivity contribution in [3.05, 3.63) is 74.0 Å². The van der Waals surface area contributed by atoms with E-state index in [0.29, 0.717) is 21.6 Å². The van der Waals surface area contributed by atoms with Crippen LogP contribution in [0.25, 0.3) is 0 Å². The molecule has 0 aliphatic rings. The van der Waals surface area contributed by atoms with Gasteiger partial charge in [-0.15, -0.1) is 0 Å². The summed E-state index contributed by atoms with van der Waals surface area (Å²) in [7, 11) is 1.65. The number of aromatic nitrogens is 2. The Hall–Kier alpha value is -3.20. The Bertz CT molecular complexity index is 1080. The number of aryl methyl sites for hydroxylation is 3. The predicted octanol–water partition coefficient (Wildman–Crippen LogP) is 4.75. The molecule has 0 saturated carbocycles. The van der Waals surface area contributed by atoms with E-state index in [-0.39, 0.29) is 17.1 Å². The molecule has 0 aliphatic carbocycles. The van der Waals surface area contributed by atoms with Crippen LogP contribution < -0.4 is 10.1 Å². The van der Waals surface area contributed by atoms with Gasteiger partial charge in [-0.3, -0.25) is 19.6 Å². The van der Waals surface area contributed by atoms with Crippen molar-refractivity contribution in [2.45, 2.75) is 13.8 Å². The Morgan fingerprint density at radius 3 is 2.57 bits per heavy atom. The quantitative estimate of drug-likeness (QED) is 0.451. The number of nitrogens with zero attached hydrogens (tertiary/aromatic N) is 3. The lowest BCUT2D eigenvalue weighted by Crippen LogP contribution is -2.16. The maximum atomic E-state index is 12.7. The van der Waals surface area contributed by atoms with E-state index < -0.39 is 10.8 Å². The summed E-state index contributed by atoms with van der Waals surface area (Å²) >= 11 is 3.34.